The molecule has 0 amide bonds. The number of aliphatic hydroxyl groups is 1. The molecule has 0 fully saturated rings. The minimum atomic E-state index is -3.53. The first-order chi connectivity index (χ1) is 8.92. The maximum absolute atomic E-state index is 12.1. The van der Waals surface area contributed by atoms with Gasteiger partial charge in [-0.15, -0.1) is 11.3 Å². The van der Waals surface area contributed by atoms with Crippen molar-refractivity contribution in [3.05, 3.63) is 23.2 Å². The summed E-state index contributed by atoms with van der Waals surface area (Å²) in [6.07, 6.45) is 0. The molecule has 0 aliphatic heterocycles. The van der Waals surface area contributed by atoms with Crippen molar-refractivity contribution in [2.45, 2.75) is 18.7 Å². The molecule has 0 aliphatic rings. The Labute approximate surface area is 116 Å². The molecule has 7 heteroatoms. The topological polar surface area (TPSA) is 79.3 Å². The van der Waals surface area contributed by atoms with Crippen molar-refractivity contribution in [1.29, 1.82) is 0 Å². The zero-order chi connectivity index (χ0) is 14.0. The summed E-state index contributed by atoms with van der Waals surface area (Å²) < 4.78 is 27.5. The van der Waals surface area contributed by atoms with Crippen molar-refractivity contribution in [3.8, 4) is 0 Å². The lowest BCUT2D eigenvalue weighted by Crippen LogP contribution is -2.29. The van der Waals surface area contributed by atoms with Gasteiger partial charge in [0.25, 0.3) is 0 Å². The minimum Gasteiger partial charge on any atom is -0.396 e. The van der Waals surface area contributed by atoms with Gasteiger partial charge < -0.3 is 5.11 Å². The van der Waals surface area contributed by atoms with Gasteiger partial charge in [0.2, 0.25) is 10.0 Å². The van der Waals surface area contributed by atoms with E-state index in [9.17, 15) is 8.42 Å². The van der Waals surface area contributed by atoms with Crippen LogP contribution in [-0.4, -0.2) is 31.7 Å². The Morgan fingerprint density at radius 3 is 2.89 bits per heavy atom. The molecule has 2 N–H and O–H groups in total. The van der Waals surface area contributed by atoms with Gasteiger partial charge in [0.05, 0.1) is 20.1 Å². The Balaban J connectivity index is 2.27. The highest BCUT2D eigenvalue weighted by molar-refractivity contribution is 7.89. The van der Waals surface area contributed by atoms with Gasteiger partial charge in [-0.1, -0.05) is 6.92 Å². The SMILES string of the molecule is Cc1nc2ccc(S(=O)(=O)NC[C@@H](C)CO)cc2s1. The Morgan fingerprint density at radius 2 is 2.21 bits per heavy atom. The summed E-state index contributed by atoms with van der Waals surface area (Å²) in [5.74, 6) is -0.107. The summed E-state index contributed by atoms with van der Waals surface area (Å²) in [5, 5.41) is 9.81. The molecule has 0 saturated carbocycles. The third-order valence-electron chi connectivity index (χ3n) is 2.71. The Hall–Kier alpha value is -1.02. The van der Waals surface area contributed by atoms with Gasteiger partial charge in [-0.05, 0) is 31.0 Å². The predicted molar refractivity (Wildman–Crippen MR) is 75.8 cm³/mol. The van der Waals surface area contributed by atoms with Crippen molar-refractivity contribution >= 4 is 31.6 Å². The molecule has 1 atom stereocenters. The van der Waals surface area contributed by atoms with E-state index in [2.05, 4.69) is 9.71 Å². The maximum Gasteiger partial charge on any atom is 0.240 e. The quantitative estimate of drug-likeness (QED) is 0.877. The number of hydrogen-bond donors (Lipinski definition) is 2. The van der Waals surface area contributed by atoms with Crippen LogP contribution in [-0.2, 0) is 10.0 Å². The average Bonchev–Trinajstić information content (AvgIpc) is 2.74. The van der Waals surface area contributed by atoms with Crippen molar-refractivity contribution in [3.63, 3.8) is 0 Å². The molecule has 0 aliphatic carbocycles. The highest BCUT2D eigenvalue weighted by Crippen LogP contribution is 2.24. The summed E-state index contributed by atoms with van der Waals surface area (Å²) in [5.41, 5.74) is 0.810. The second-order valence-corrected chi connectivity index (χ2v) is 7.50. The van der Waals surface area contributed by atoms with Crippen LogP contribution in [0.4, 0.5) is 0 Å². The van der Waals surface area contributed by atoms with Gasteiger partial charge in [0.15, 0.2) is 0 Å². The zero-order valence-electron chi connectivity index (χ0n) is 10.8. The summed E-state index contributed by atoms with van der Waals surface area (Å²) in [6, 6.07) is 4.89. The number of nitrogens with zero attached hydrogens (tertiary/aromatic N) is 1. The van der Waals surface area contributed by atoms with Crippen molar-refractivity contribution in [2.24, 2.45) is 5.92 Å². The minimum absolute atomic E-state index is 0.0460. The van der Waals surface area contributed by atoms with E-state index in [0.717, 1.165) is 15.2 Å². The normalized spacial score (nSPS) is 13.8. The first-order valence-electron chi connectivity index (χ1n) is 5.90. The maximum atomic E-state index is 12.1. The van der Waals surface area contributed by atoms with E-state index >= 15 is 0 Å². The van der Waals surface area contributed by atoms with Crippen LogP contribution < -0.4 is 4.72 Å². The van der Waals surface area contributed by atoms with E-state index < -0.39 is 10.0 Å². The highest BCUT2D eigenvalue weighted by Gasteiger charge is 2.16. The smallest absolute Gasteiger partial charge is 0.240 e. The molecule has 2 rings (SSSR count). The number of benzene rings is 1. The molecule has 104 valence electrons. The van der Waals surface area contributed by atoms with Crippen LogP contribution >= 0.6 is 11.3 Å². The van der Waals surface area contributed by atoms with Crippen molar-refractivity contribution in [2.75, 3.05) is 13.2 Å². The molecular formula is C12H16N2O3S2. The Morgan fingerprint density at radius 1 is 1.47 bits per heavy atom. The predicted octanol–water partition coefficient (Wildman–Crippen LogP) is 1.51. The number of hydrogen-bond acceptors (Lipinski definition) is 5. The Bertz CT molecular complexity index is 679. The van der Waals surface area contributed by atoms with Crippen LogP contribution in [0.15, 0.2) is 23.1 Å². The summed E-state index contributed by atoms with van der Waals surface area (Å²) >= 11 is 1.47. The number of rotatable bonds is 5. The largest absolute Gasteiger partial charge is 0.396 e. The number of aromatic nitrogens is 1. The lowest BCUT2D eigenvalue weighted by molar-refractivity contribution is 0.238. The molecule has 1 aromatic carbocycles. The third kappa shape index (κ3) is 3.30. The van der Waals surface area contributed by atoms with Crippen LogP contribution in [0.25, 0.3) is 10.2 Å². The van der Waals surface area contributed by atoms with Crippen molar-refractivity contribution < 1.29 is 13.5 Å². The van der Waals surface area contributed by atoms with E-state index in [-0.39, 0.29) is 24.0 Å². The molecule has 2 aromatic rings. The van der Waals surface area contributed by atoms with E-state index in [1.54, 1.807) is 25.1 Å². The van der Waals surface area contributed by atoms with E-state index in [1.807, 2.05) is 6.92 Å². The molecule has 0 spiro atoms. The molecule has 19 heavy (non-hydrogen) atoms. The monoisotopic (exact) mass is 300 g/mol. The van der Waals surface area contributed by atoms with Gasteiger partial charge in [-0.2, -0.15) is 0 Å². The van der Waals surface area contributed by atoms with Crippen LogP contribution in [0.5, 0.6) is 0 Å². The first-order valence-corrected chi connectivity index (χ1v) is 8.20. The average molecular weight is 300 g/mol. The second kappa shape index (κ2) is 5.54. The van der Waals surface area contributed by atoms with E-state index in [0.29, 0.717) is 0 Å². The molecule has 0 unspecified atom stereocenters. The summed E-state index contributed by atoms with van der Waals surface area (Å²) in [7, 11) is -3.53. The standard InChI is InChI=1S/C12H16N2O3S2/c1-8(7-15)6-13-19(16,17)10-3-4-11-12(5-10)18-9(2)14-11/h3-5,8,13,15H,6-7H2,1-2H3/t8-/m1/s1. The second-order valence-electron chi connectivity index (χ2n) is 4.50. The summed E-state index contributed by atoms with van der Waals surface area (Å²) in [4.78, 5) is 4.52. The van der Waals surface area contributed by atoms with Crippen LogP contribution in [0.1, 0.15) is 11.9 Å². The van der Waals surface area contributed by atoms with Gasteiger partial charge in [0, 0.05) is 13.2 Å². The fourth-order valence-corrected chi connectivity index (χ4v) is 3.72. The number of sulfonamides is 1. The fourth-order valence-electron chi connectivity index (χ4n) is 1.59. The number of thiazole rings is 1. The van der Waals surface area contributed by atoms with Gasteiger partial charge in [0.1, 0.15) is 0 Å². The molecule has 5 nitrogen and oxygen atoms in total. The van der Waals surface area contributed by atoms with Gasteiger partial charge >= 0.3 is 0 Å². The summed E-state index contributed by atoms with van der Waals surface area (Å²) in [6.45, 7) is 3.84. The lowest BCUT2D eigenvalue weighted by atomic mass is 10.2. The molecule has 0 radical (unpaired) electrons. The highest BCUT2D eigenvalue weighted by atomic mass is 32.2. The first kappa shape index (κ1) is 14.4. The molecule has 0 bridgehead atoms. The van der Waals surface area contributed by atoms with Crippen LogP contribution in [0.3, 0.4) is 0 Å². The number of fused-ring (bicyclic) bond motifs is 1. The zero-order valence-corrected chi connectivity index (χ0v) is 12.4. The molecule has 0 saturated heterocycles. The molecule has 1 heterocycles. The number of nitrogens with one attached hydrogen (secondary N) is 1. The third-order valence-corrected chi connectivity index (χ3v) is 5.07. The molecular weight excluding hydrogens is 284 g/mol. The van der Waals surface area contributed by atoms with E-state index in [1.165, 1.54) is 11.3 Å². The van der Waals surface area contributed by atoms with Gasteiger partial charge in [-0.25, -0.2) is 18.1 Å². The lowest BCUT2D eigenvalue weighted by Gasteiger charge is -2.10. The fraction of sp³-hybridized carbons (Fsp3) is 0.417. The Kier molecular flexibility index (Phi) is 4.19. The van der Waals surface area contributed by atoms with Crippen LogP contribution in [0.2, 0.25) is 0 Å². The number of aliphatic hydroxyl groups excluding tert-OH is 1. The van der Waals surface area contributed by atoms with Crippen LogP contribution in [0, 0.1) is 12.8 Å². The van der Waals surface area contributed by atoms with E-state index in [4.69, 9.17) is 5.11 Å². The van der Waals surface area contributed by atoms with Gasteiger partial charge in [-0.3, -0.25) is 0 Å². The van der Waals surface area contributed by atoms with Crippen molar-refractivity contribution in [1.82, 2.24) is 9.71 Å². The molecule has 1 aromatic heterocycles. The number of aryl methyl sites for hydroxylation is 1.